The highest BCUT2D eigenvalue weighted by atomic mass is 16.5. The van der Waals surface area contributed by atoms with E-state index in [4.69, 9.17) is 4.74 Å². The van der Waals surface area contributed by atoms with Gasteiger partial charge in [0.2, 0.25) is 5.91 Å². The third-order valence-corrected chi connectivity index (χ3v) is 2.44. The van der Waals surface area contributed by atoms with Crippen molar-refractivity contribution in [3.05, 3.63) is 35.9 Å². The van der Waals surface area contributed by atoms with Gasteiger partial charge >= 0.3 is 6.09 Å². The van der Waals surface area contributed by atoms with E-state index in [1.807, 2.05) is 51.1 Å². The molecule has 5 nitrogen and oxygen atoms in total. The minimum atomic E-state index is -0.641. The lowest BCUT2D eigenvalue weighted by Gasteiger charge is -2.23. The van der Waals surface area contributed by atoms with E-state index in [0.717, 1.165) is 5.56 Å². The average Bonchev–Trinajstić information content (AvgIpc) is 2.35. The van der Waals surface area contributed by atoms with E-state index >= 15 is 0 Å². The van der Waals surface area contributed by atoms with Gasteiger partial charge in [-0.2, -0.15) is 0 Å². The van der Waals surface area contributed by atoms with E-state index in [1.54, 1.807) is 6.92 Å². The monoisotopic (exact) mass is 278 g/mol. The lowest BCUT2D eigenvalue weighted by molar-refractivity contribution is -0.124. The summed E-state index contributed by atoms with van der Waals surface area (Å²) in [6.45, 7) is 7.44. The Balaban J connectivity index is 2.36. The predicted molar refractivity (Wildman–Crippen MR) is 77.1 cm³/mol. The van der Waals surface area contributed by atoms with Gasteiger partial charge in [-0.05, 0) is 33.3 Å². The van der Waals surface area contributed by atoms with Crippen molar-refractivity contribution in [1.29, 1.82) is 0 Å². The van der Waals surface area contributed by atoms with Crippen molar-refractivity contribution in [2.75, 3.05) is 0 Å². The number of carbonyl (C=O) groups is 2. The number of hydrogen-bond donors (Lipinski definition) is 2. The van der Waals surface area contributed by atoms with Gasteiger partial charge in [0.15, 0.2) is 0 Å². The number of ether oxygens (including phenoxy) is 1. The maximum Gasteiger partial charge on any atom is 0.408 e. The van der Waals surface area contributed by atoms with E-state index in [2.05, 4.69) is 10.6 Å². The van der Waals surface area contributed by atoms with E-state index in [9.17, 15) is 9.59 Å². The van der Waals surface area contributed by atoms with Crippen LogP contribution in [-0.2, 0) is 16.1 Å². The van der Waals surface area contributed by atoms with Gasteiger partial charge in [-0.1, -0.05) is 30.3 Å². The van der Waals surface area contributed by atoms with Crippen LogP contribution >= 0.6 is 0 Å². The molecule has 0 aliphatic heterocycles. The van der Waals surface area contributed by atoms with Crippen LogP contribution < -0.4 is 10.6 Å². The largest absolute Gasteiger partial charge is 0.445 e. The van der Waals surface area contributed by atoms with Crippen molar-refractivity contribution in [3.63, 3.8) is 0 Å². The first-order valence-electron chi connectivity index (χ1n) is 6.57. The van der Waals surface area contributed by atoms with E-state index in [0.29, 0.717) is 0 Å². The SMILES string of the molecule is C[C@@H](NC(=O)OCc1ccccc1)C(=O)NC(C)(C)C. The van der Waals surface area contributed by atoms with Crippen LogP contribution in [0.4, 0.5) is 4.79 Å². The Morgan fingerprint density at radius 2 is 1.80 bits per heavy atom. The number of hydrogen-bond acceptors (Lipinski definition) is 3. The number of rotatable bonds is 4. The highest BCUT2D eigenvalue weighted by Crippen LogP contribution is 2.02. The molecule has 0 aliphatic rings. The molecule has 1 aromatic rings. The Kier molecular flexibility index (Phi) is 5.55. The van der Waals surface area contributed by atoms with Gasteiger partial charge in [0.25, 0.3) is 0 Å². The maximum absolute atomic E-state index is 11.8. The van der Waals surface area contributed by atoms with Crippen molar-refractivity contribution in [2.45, 2.75) is 45.9 Å². The van der Waals surface area contributed by atoms with Gasteiger partial charge in [-0.25, -0.2) is 4.79 Å². The molecular weight excluding hydrogens is 256 g/mol. The molecule has 110 valence electrons. The molecule has 0 bridgehead atoms. The molecule has 0 unspecified atom stereocenters. The predicted octanol–water partition coefficient (Wildman–Crippen LogP) is 2.22. The molecule has 1 aromatic carbocycles. The number of benzene rings is 1. The van der Waals surface area contributed by atoms with Crippen LogP contribution in [0, 0.1) is 0 Å². The molecule has 1 rings (SSSR count). The van der Waals surface area contributed by atoms with Gasteiger partial charge in [0.1, 0.15) is 12.6 Å². The van der Waals surface area contributed by atoms with E-state index in [-0.39, 0.29) is 18.1 Å². The van der Waals surface area contributed by atoms with Crippen molar-refractivity contribution in [2.24, 2.45) is 0 Å². The van der Waals surface area contributed by atoms with Crippen molar-refractivity contribution in [3.8, 4) is 0 Å². The van der Waals surface area contributed by atoms with Gasteiger partial charge in [0, 0.05) is 5.54 Å². The lowest BCUT2D eigenvalue weighted by atomic mass is 10.1. The minimum absolute atomic E-state index is 0.181. The summed E-state index contributed by atoms with van der Waals surface area (Å²) >= 11 is 0. The van der Waals surface area contributed by atoms with E-state index in [1.165, 1.54) is 0 Å². The van der Waals surface area contributed by atoms with Crippen LogP contribution in [0.3, 0.4) is 0 Å². The summed E-state index contributed by atoms with van der Waals surface area (Å²) in [5, 5.41) is 5.29. The molecule has 0 radical (unpaired) electrons. The summed E-state index contributed by atoms with van der Waals surface area (Å²) in [6.07, 6.45) is -0.606. The zero-order chi connectivity index (χ0) is 15.2. The molecule has 2 N–H and O–H groups in total. The second kappa shape index (κ2) is 6.93. The first-order valence-corrected chi connectivity index (χ1v) is 6.57. The normalized spacial score (nSPS) is 12.4. The second-order valence-corrected chi connectivity index (χ2v) is 5.67. The summed E-state index contributed by atoms with van der Waals surface area (Å²) in [5.74, 6) is -0.242. The van der Waals surface area contributed by atoms with Crippen LogP contribution in [-0.4, -0.2) is 23.6 Å². The maximum atomic E-state index is 11.8. The van der Waals surface area contributed by atoms with Crippen LogP contribution in [0.2, 0.25) is 0 Å². The zero-order valence-electron chi connectivity index (χ0n) is 12.4. The third kappa shape index (κ3) is 6.22. The van der Waals surface area contributed by atoms with Crippen molar-refractivity contribution >= 4 is 12.0 Å². The summed E-state index contributed by atoms with van der Waals surface area (Å²) in [5.41, 5.74) is 0.565. The number of alkyl carbamates (subject to hydrolysis) is 1. The van der Waals surface area contributed by atoms with Crippen molar-refractivity contribution in [1.82, 2.24) is 10.6 Å². The van der Waals surface area contributed by atoms with E-state index < -0.39 is 12.1 Å². The first kappa shape index (κ1) is 16.0. The molecule has 0 aromatic heterocycles. The Labute approximate surface area is 119 Å². The van der Waals surface area contributed by atoms with Crippen LogP contribution in [0.5, 0.6) is 0 Å². The Morgan fingerprint density at radius 3 is 2.35 bits per heavy atom. The number of amides is 2. The zero-order valence-corrected chi connectivity index (χ0v) is 12.4. The lowest BCUT2D eigenvalue weighted by Crippen LogP contribution is -2.50. The Hall–Kier alpha value is -2.04. The highest BCUT2D eigenvalue weighted by molar-refractivity contribution is 5.85. The number of carbonyl (C=O) groups excluding carboxylic acids is 2. The van der Waals surface area contributed by atoms with Crippen molar-refractivity contribution < 1.29 is 14.3 Å². The second-order valence-electron chi connectivity index (χ2n) is 5.67. The summed E-state index contributed by atoms with van der Waals surface area (Å²) in [7, 11) is 0. The third-order valence-electron chi connectivity index (χ3n) is 2.44. The summed E-state index contributed by atoms with van der Waals surface area (Å²) in [4.78, 5) is 23.4. The molecule has 0 aliphatic carbocycles. The van der Waals surface area contributed by atoms with Crippen LogP contribution in [0.25, 0.3) is 0 Å². The molecule has 2 amide bonds. The first-order chi connectivity index (χ1) is 9.28. The fraction of sp³-hybridized carbons (Fsp3) is 0.467. The molecule has 1 atom stereocenters. The molecule has 20 heavy (non-hydrogen) atoms. The van der Waals surface area contributed by atoms with Gasteiger partial charge in [-0.15, -0.1) is 0 Å². The van der Waals surface area contributed by atoms with Gasteiger partial charge in [0.05, 0.1) is 0 Å². The van der Waals surface area contributed by atoms with Crippen LogP contribution in [0.1, 0.15) is 33.3 Å². The standard InChI is InChI=1S/C15H22N2O3/c1-11(13(18)17-15(2,3)4)16-14(19)20-10-12-8-6-5-7-9-12/h5-9,11H,10H2,1-4H3,(H,16,19)(H,17,18)/t11-/m1/s1. The highest BCUT2D eigenvalue weighted by Gasteiger charge is 2.20. The molecule has 0 heterocycles. The summed E-state index contributed by atoms with van der Waals surface area (Å²) in [6, 6.07) is 8.72. The summed E-state index contributed by atoms with van der Waals surface area (Å²) < 4.78 is 5.05. The molecule has 0 saturated heterocycles. The average molecular weight is 278 g/mol. The molecule has 0 fully saturated rings. The van der Waals surface area contributed by atoms with Crippen LogP contribution in [0.15, 0.2) is 30.3 Å². The molecule has 0 spiro atoms. The molecule has 5 heteroatoms. The quantitative estimate of drug-likeness (QED) is 0.887. The minimum Gasteiger partial charge on any atom is -0.445 e. The molecular formula is C15H22N2O3. The molecule has 0 saturated carbocycles. The van der Waals surface area contributed by atoms with Gasteiger partial charge < -0.3 is 15.4 Å². The van der Waals surface area contributed by atoms with Gasteiger partial charge in [-0.3, -0.25) is 4.79 Å². The fourth-order valence-electron chi connectivity index (χ4n) is 1.48. The fourth-order valence-corrected chi connectivity index (χ4v) is 1.48. The topological polar surface area (TPSA) is 67.4 Å². The smallest absolute Gasteiger partial charge is 0.408 e. The Bertz CT molecular complexity index is 452. The number of nitrogens with one attached hydrogen (secondary N) is 2. The Morgan fingerprint density at radius 1 is 1.20 bits per heavy atom.